The molecule has 0 saturated heterocycles. The molecule has 0 aromatic carbocycles. The van der Waals surface area contributed by atoms with Crippen molar-refractivity contribution in [1.29, 1.82) is 0 Å². The second kappa shape index (κ2) is 6.45. The number of allylic oxidation sites excluding steroid dienone is 1. The minimum Gasteiger partial charge on any atom is -0.452 e. The Morgan fingerprint density at radius 2 is 2.31 bits per heavy atom. The summed E-state index contributed by atoms with van der Waals surface area (Å²) >= 11 is 0. The Balaban J connectivity index is 2.18. The normalized spacial score (nSPS) is 23.7. The molecule has 90 valence electrons. The molecule has 0 fully saturated rings. The Kier molecular flexibility index (Phi) is 5.22. The molecule has 0 spiro atoms. The zero-order valence-electron chi connectivity index (χ0n) is 9.37. The molecule has 0 amide bonds. The van der Waals surface area contributed by atoms with Gasteiger partial charge in [-0.25, -0.2) is 4.79 Å². The van der Waals surface area contributed by atoms with Gasteiger partial charge in [-0.2, -0.15) is 0 Å². The van der Waals surface area contributed by atoms with Gasteiger partial charge in [-0.1, -0.05) is 12.2 Å². The maximum Gasteiger partial charge on any atom is 0.331 e. The van der Waals surface area contributed by atoms with E-state index in [1.165, 1.54) is 6.08 Å². The van der Waals surface area contributed by atoms with Gasteiger partial charge in [0.2, 0.25) is 0 Å². The molecule has 0 radical (unpaired) electrons. The summed E-state index contributed by atoms with van der Waals surface area (Å²) in [7, 11) is 0. The maximum atomic E-state index is 10.7. The molecule has 1 aliphatic heterocycles. The first-order chi connectivity index (χ1) is 7.59. The van der Waals surface area contributed by atoms with Crippen molar-refractivity contribution in [2.24, 2.45) is 0 Å². The van der Waals surface area contributed by atoms with Gasteiger partial charge in [0.15, 0.2) is 6.10 Å². The zero-order valence-corrected chi connectivity index (χ0v) is 9.37. The topological polar surface area (TPSA) is 66.8 Å². The number of hydrogen-bond acceptors (Lipinski definition) is 4. The average molecular weight is 226 g/mol. The highest BCUT2D eigenvalue weighted by Crippen LogP contribution is 2.11. The first-order valence-corrected chi connectivity index (χ1v) is 5.51. The van der Waals surface area contributed by atoms with Crippen molar-refractivity contribution in [3.63, 3.8) is 0 Å². The van der Waals surface area contributed by atoms with E-state index in [0.29, 0.717) is 0 Å². The predicted molar refractivity (Wildman–Crippen MR) is 59.7 cm³/mol. The van der Waals surface area contributed by atoms with E-state index < -0.39 is 18.2 Å². The van der Waals surface area contributed by atoms with Crippen molar-refractivity contribution in [3.05, 3.63) is 24.3 Å². The second-order valence-corrected chi connectivity index (χ2v) is 3.96. The van der Waals surface area contributed by atoms with E-state index in [2.05, 4.69) is 0 Å². The number of hydrogen-bond donors (Lipinski definition) is 2. The van der Waals surface area contributed by atoms with Crippen LogP contribution in [0, 0.1) is 0 Å². The van der Waals surface area contributed by atoms with E-state index in [9.17, 15) is 9.90 Å². The van der Waals surface area contributed by atoms with Crippen LogP contribution in [0.1, 0.15) is 26.2 Å². The highest BCUT2D eigenvalue weighted by molar-refractivity contribution is 5.84. The molecule has 3 atom stereocenters. The van der Waals surface area contributed by atoms with Crippen LogP contribution >= 0.6 is 0 Å². The number of aliphatic hydroxyl groups excluding tert-OH is 2. The van der Waals surface area contributed by atoms with Gasteiger partial charge in [0, 0.05) is 6.08 Å². The van der Waals surface area contributed by atoms with E-state index in [-0.39, 0.29) is 6.10 Å². The average Bonchev–Trinajstić information content (AvgIpc) is 2.63. The van der Waals surface area contributed by atoms with Gasteiger partial charge in [0.25, 0.3) is 0 Å². The van der Waals surface area contributed by atoms with Gasteiger partial charge in [-0.05, 0) is 32.3 Å². The molecule has 0 saturated carbocycles. The van der Waals surface area contributed by atoms with E-state index >= 15 is 0 Å². The molecule has 0 aromatic heterocycles. The van der Waals surface area contributed by atoms with Crippen LogP contribution in [0.4, 0.5) is 0 Å². The molecular formula is C12H18O4. The van der Waals surface area contributed by atoms with Crippen LogP contribution in [-0.4, -0.2) is 34.5 Å². The van der Waals surface area contributed by atoms with Crippen LogP contribution in [0.15, 0.2) is 24.3 Å². The zero-order chi connectivity index (χ0) is 12.0. The summed E-state index contributed by atoms with van der Waals surface area (Å²) in [5.41, 5.74) is 0. The molecule has 1 rings (SSSR count). The van der Waals surface area contributed by atoms with Crippen LogP contribution in [0.2, 0.25) is 0 Å². The van der Waals surface area contributed by atoms with Crippen molar-refractivity contribution in [2.75, 3.05) is 0 Å². The molecule has 0 aliphatic carbocycles. The first kappa shape index (κ1) is 12.9. The highest BCUT2D eigenvalue weighted by atomic mass is 16.6. The fraction of sp³-hybridized carbons (Fsp3) is 0.583. The number of cyclic esters (lactones) is 1. The summed E-state index contributed by atoms with van der Waals surface area (Å²) in [6.45, 7) is 1.75. The molecule has 4 heteroatoms. The molecule has 1 heterocycles. The third-order valence-electron chi connectivity index (χ3n) is 2.34. The van der Waals surface area contributed by atoms with Crippen molar-refractivity contribution < 1.29 is 19.7 Å². The molecule has 0 bridgehead atoms. The summed E-state index contributed by atoms with van der Waals surface area (Å²) in [5.74, 6) is -0.411. The number of rotatable bonds is 6. The van der Waals surface area contributed by atoms with Crippen LogP contribution in [0.5, 0.6) is 0 Å². The minimum atomic E-state index is -0.783. The number of esters is 1. The van der Waals surface area contributed by atoms with Gasteiger partial charge in [-0.3, -0.25) is 0 Å². The Morgan fingerprint density at radius 3 is 2.88 bits per heavy atom. The largest absolute Gasteiger partial charge is 0.452 e. The quantitative estimate of drug-likeness (QED) is 0.402. The lowest BCUT2D eigenvalue weighted by molar-refractivity contribution is -0.141. The third-order valence-corrected chi connectivity index (χ3v) is 2.34. The van der Waals surface area contributed by atoms with Crippen molar-refractivity contribution in [3.8, 4) is 0 Å². The maximum absolute atomic E-state index is 10.7. The fourth-order valence-electron chi connectivity index (χ4n) is 1.45. The van der Waals surface area contributed by atoms with Crippen LogP contribution in [0.25, 0.3) is 0 Å². The Labute approximate surface area is 95.2 Å². The lowest BCUT2D eigenvalue weighted by Gasteiger charge is -2.11. The number of unbranched alkanes of at least 4 members (excludes halogenated alkanes) is 1. The molecule has 16 heavy (non-hydrogen) atoms. The van der Waals surface area contributed by atoms with E-state index in [0.717, 1.165) is 19.3 Å². The summed E-state index contributed by atoms with van der Waals surface area (Å²) < 4.78 is 4.83. The van der Waals surface area contributed by atoms with E-state index in [1.807, 2.05) is 6.08 Å². The number of ether oxygens (including phenoxy) is 1. The summed E-state index contributed by atoms with van der Waals surface area (Å²) in [5, 5.41) is 18.6. The van der Waals surface area contributed by atoms with Crippen LogP contribution < -0.4 is 0 Å². The summed E-state index contributed by atoms with van der Waals surface area (Å²) in [4.78, 5) is 10.7. The molecule has 2 N–H and O–H groups in total. The minimum absolute atomic E-state index is 0.281. The standard InChI is InChI=1S/C12H18O4/c1-9(13)5-3-2-4-6-10(14)11-7-8-12(15)16-11/h4,6-11,13-14H,2-3,5H2,1H3/b6-4+/t9-,10-,11-/m0/s1. The van der Waals surface area contributed by atoms with Gasteiger partial charge < -0.3 is 14.9 Å². The lowest BCUT2D eigenvalue weighted by Crippen LogP contribution is -2.23. The summed E-state index contributed by atoms with van der Waals surface area (Å²) in [6.07, 6.45) is 7.13. The number of carbonyl (C=O) groups is 1. The Hall–Kier alpha value is -1.13. The molecule has 4 nitrogen and oxygen atoms in total. The number of aliphatic hydroxyl groups is 2. The van der Waals surface area contributed by atoms with Crippen molar-refractivity contribution in [1.82, 2.24) is 0 Å². The van der Waals surface area contributed by atoms with Crippen molar-refractivity contribution >= 4 is 5.97 Å². The van der Waals surface area contributed by atoms with Gasteiger partial charge in [-0.15, -0.1) is 0 Å². The van der Waals surface area contributed by atoms with Crippen LogP contribution in [0.3, 0.4) is 0 Å². The smallest absolute Gasteiger partial charge is 0.331 e. The van der Waals surface area contributed by atoms with Gasteiger partial charge >= 0.3 is 5.97 Å². The first-order valence-electron chi connectivity index (χ1n) is 5.51. The Bertz CT molecular complexity index is 281. The lowest BCUT2D eigenvalue weighted by atomic mass is 10.1. The molecular weight excluding hydrogens is 208 g/mol. The SMILES string of the molecule is C[C@H](O)CCC/C=C/[C@H](O)[C@@H]1C=CC(=O)O1. The van der Waals surface area contributed by atoms with Gasteiger partial charge in [0.1, 0.15) is 6.10 Å². The second-order valence-electron chi connectivity index (χ2n) is 3.96. The molecule has 0 unspecified atom stereocenters. The Morgan fingerprint density at radius 1 is 1.56 bits per heavy atom. The van der Waals surface area contributed by atoms with E-state index in [4.69, 9.17) is 9.84 Å². The fourth-order valence-corrected chi connectivity index (χ4v) is 1.45. The van der Waals surface area contributed by atoms with Gasteiger partial charge in [0.05, 0.1) is 6.10 Å². The van der Waals surface area contributed by atoms with E-state index in [1.54, 1.807) is 19.1 Å². The number of carbonyl (C=O) groups excluding carboxylic acids is 1. The molecule has 0 aromatic rings. The third kappa shape index (κ3) is 4.59. The predicted octanol–water partition coefficient (Wildman–Crippen LogP) is 0.936. The monoisotopic (exact) mass is 226 g/mol. The van der Waals surface area contributed by atoms with Crippen molar-refractivity contribution in [2.45, 2.75) is 44.5 Å². The molecule has 1 aliphatic rings. The highest BCUT2D eigenvalue weighted by Gasteiger charge is 2.22. The summed E-state index contributed by atoms with van der Waals surface area (Å²) in [6, 6.07) is 0. The van der Waals surface area contributed by atoms with Crippen LogP contribution in [-0.2, 0) is 9.53 Å².